The summed E-state index contributed by atoms with van der Waals surface area (Å²) in [6.07, 6.45) is 6.14. The predicted molar refractivity (Wildman–Crippen MR) is 59.0 cm³/mol. The Bertz CT molecular complexity index is 267. The standard InChI is InChI=1S/C11H21N3/c1-4-11(12)9(3)6-10-7-13-14(5-2)8-10/h7-9,11H,4-6,12H2,1-3H3. The lowest BCUT2D eigenvalue weighted by Gasteiger charge is -2.16. The summed E-state index contributed by atoms with van der Waals surface area (Å²) >= 11 is 0. The molecule has 0 fully saturated rings. The number of rotatable bonds is 5. The Morgan fingerprint density at radius 3 is 2.71 bits per heavy atom. The molecule has 14 heavy (non-hydrogen) atoms. The molecular weight excluding hydrogens is 174 g/mol. The summed E-state index contributed by atoms with van der Waals surface area (Å²) in [6.45, 7) is 7.38. The van der Waals surface area contributed by atoms with Gasteiger partial charge in [0.1, 0.15) is 0 Å². The zero-order chi connectivity index (χ0) is 10.6. The molecule has 0 amide bonds. The molecule has 80 valence electrons. The van der Waals surface area contributed by atoms with E-state index in [-0.39, 0.29) is 0 Å². The van der Waals surface area contributed by atoms with Crippen LogP contribution in [0.4, 0.5) is 0 Å². The van der Waals surface area contributed by atoms with Crippen LogP contribution in [0.5, 0.6) is 0 Å². The van der Waals surface area contributed by atoms with Crippen molar-refractivity contribution in [1.82, 2.24) is 9.78 Å². The Labute approximate surface area is 86.3 Å². The summed E-state index contributed by atoms with van der Waals surface area (Å²) in [5.74, 6) is 0.537. The highest BCUT2D eigenvalue weighted by atomic mass is 15.3. The summed E-state index contributed by atoms with van der Waals surface area (Å²) in [4.78, 5) is 0. The fraction of sp³-hybridized carbons (Fsp3) is 0.727. The van der Waals surface area contributed by atoms with Gasteiger partial charge in [-0.2, -0.15) is 5.10 Å². The molecule has 0 saturated heterocycles. The quantitative estimate of drug-likeness (QED) is 0.779. The number of nitrogens with zero attached hydrogens (tertiary/aromatic N) is 2. The molecule has 2 unspecified atom stereocenters. The largest absolute Gasteiger partial charge is 0.327 e. The van der Waals surface area contributed by atoms with Crippen LogP contribution in [-0.4, -0.2) is 15.8 Å². The Hall–Kier alpha value is -0.830. The van der Waals surface area contributed by atoms with Crippen LogP contribution in [0.2, 0.25) is 0 Å². The van der Waals surface area contributed by atoms with Gasteiger partial charge < -0.3 is 5.73 Å². The normalized spacial score (nSPS) is 15.4. The first kappa shape index (κ1) is 11.2. The van der Waals surface area contributed by atoms with Crippen LogP contribution >= 0.6 is 0 Å². The van der Waals surface area contributed by atoms with E-state index in [1.165, 1.54) is 5.56 Å². The van der Waals surface area contributed by atoms with Crippen LogP contribution in [0.3, 0.4) is 0 Å². The van der Waals surface area contributed by atoms with Gasteiger partial charge in [0.25, 0.3) is 0 Å². The lowest BCUT2D eigenvalue weighted by atomic mass is 9.94. The highest BCUT2D eigenvalue weighted by Crippen LogP contribution is 2.12. The fourth-order valence-corrected chi connectivity index (χ4v) is 1.61. The second-order valence-corrected chi connectivity index (χ2v) is 3.96. The van der Waals surface area contributed by atoms with Gasteiger partial charge in [-0.05, 0) is 31.2 Å². The third-order valence-electron chi connectivity index (χ3n) is 2.77. The molecule has 1 rings (SSSR count). The molecule has 0 aliphatic carbocycles. The second-order valence-electron chi connectivity index (χ2n) is 3.96. The van der Waals surface area contributed by atoms with Crippen LogP contribution in [-0.2, 0) is 13.0 Å². The first-order valence-electron chi connectivity index (χ1n) is 5.44. The van der Waals surface area contributed by atoms with Crippen molar-refractivity contribution in [2.45, 2.75) is 46.2 Å². The maximum Gasteiger partial charge on any atom is 0.0521 e. The molecule has 1 aromatic rings. The molecule has 1 aromatic heterocycles. The minimum absolute atomic E-state index is 0.306. The van der Waals surface area contributed by atoms with Crippen molar-refractivity contribution in [3.8, 4) is 0 Å². The topological polar surface area (TPSA) is 43.8 Å². The van der Waals surface area contributed by atoms with Crippen molar-refractivity contribution in [2.75, 3.05) is 0 Å². The van der Waals surface area contributed by atoms with Crippen LogP contribution in [0, 0.1) is 5.92 Å². The van der Waals surface area contributed by atoms with E-state index >= 15 is 0 Å². The average molecular weight is 195 g/mol. The van der Waals surface area contributed by atoms with Gasteiger partial charge in [-0.15, -0.1) is 0 Å². The minimum atomic E-state index is 0.306. The third-order valence-corrected chi connectivity index (χ3v) is 2.77. The van der Waals surface area contributed by atoms with Crippen molar-refractivity contribution >= 4 is 0 Å². The van der Waals surface area contributed by atoms with Crippen LogP contribution in [0.1, 0.15) is 32.8 Å². The fourth-order valence-electron chi connectivity index (χ4n) is 1.61. The van der Waals surface area contributed by atoms with E-state index in [0.717, 1.165) is 19.4 Å². The van der Waals surface area contributed by atoms with Crippen LogP contribution in [0.15, 0.2) is 12.4 Å². The molecule has 2 atom stereocenters. The van der Waals surface area contributed by atoms with Gasteiger partial charge in [0, 0.05) is 18.8 Å². The zero-order valence-electron chi connectivity index (χ0n) is 9.40. The van der Waals surface area contributed by atoms with Gasteiger partial charge in [0.15, 0.2) is 0 Å². The Morgan fingerprint density at radius 1 is 1.50 bits per heavy atom. The number of hydrogen-bond donors (Lipinski definition) is 1. The molecule has 0 spiro atoms. The van der Waals surface area contributed by atoms with E-state index in [0.29, 0.717) is 12.0 Å². The second kappa shape index (κ2) is 5.15. The average Bonchev–Trinajstić information content (AvgIpc) is 2.64. The molecule has 0 bridgehead atoms. The molecule has 0 aliphatic rings. The molecule has 0 aromatic carbocycles. The lowest BCUT2D eigenvalue weighted by Crippen LogP contribution is -2.28. The molecule has 3 heteroatoms. The van der Waals surface area contributed by atoms with E-state index in [1.807, 2.05) is 10.9 Å². The summed E-state index contributed by atoms with van der Waals surface area (Å²) in [5.41, 5.74) is 7.27. The van der Waals surface area contributed by atoms with E-state index in [9.17, 15) is 0 Å². The first-order chi connectivity index (χ1) is 6.67. The Balaban J connectivity index is 2.51. The maximum atomic E-state index is 5.98. The van der Waals surface area contributed by atoms with E-state index in [4.69, 9.17) is 5.73 Å². The predicted octanol–water partition coefficient (Wildman–Crippen LogP) is 1.82. The SMILES string of the molecule is CCC(N)C(C)Cc1cnn(CC)c1. The van der Waals surface area contributed by atoms with Gasteiger partial charge >= 0.3 is 0 Å². The summed E-state index contributed by atoms with van der Waals surface area (Å²) in [7, 11) is 0. The highest BCUT2D eigenvalue weighted by Gasteiger charge is 2.11. The van der Waals surface area contributed by atoms with Gasteiger partial charge in [-0.1, -0.05) is 13.8 Å². The van der Waals surface area contributed by atoms with Gasteiger partial charge in [-0.25, -0.2) is 0 Å². The first-order valence-corrected chi connectivity index (χ1v) is 5.44. The van der Waals surface area contributed by atoms with Crippen molar-refractivity contribution < 1.29 is 0 Å². The van der Waals surface area contributed by atoms with Crippen LogP contribution < -0.4 is 5.73 Å². The molecule has 3 nitrogen and oxygen atoms in total. The number of nitrogens with two attached hydrogens (primary N) is 1. The molecule has 1 heterocycles. The lowest BCUT2D eigenvalue weighted by molar-refractivity contribution is 0.442. The van der Waals surface area contributed by atoms with Crippen molar-refractivity contribution in [2.24, 2.45) is 11.7 Å². The smallest absolute Gasteiger partial charge is 0.0521 e. The van der Waals surface area contributed by atoms with E-state index in [2.05, 4.69) is 32.1 Å². The molecular formula is C11H21N3. The highest BCUT2D eigenvalue weighted by molar-refractivity contribution is 5.05. The number of hydrogen-bond acceptors (Lipinski definition) is 2. The Kier molecular flexibility index (Phi) is 4.14. The molecule has 0 aliphatic heterocycles. The summed E-state index contributed by atoms with van der Waals surface area (Å²) < 4.78 is 1.96. The Morgan fingerprint density at radius 2 is 2.21 bits per heavy atom. The summed E-state index contributed by atoms with van der Waals surface area (Å²) in [6, 6.07) is 0.306. The minimum Gasteiger partial charge on any atom is -0.327 e. The summed E-state index contributed by atoms with van der Waals surface area (Å²) in [5, 5.41) is 4.25. The van der Waals surface area contributed by atoms with Crippen LogP contribution in [0.25, 0.3) is 0 Å². The van der Waals surface area contributed by atoms with Crippen molar-refractivity contribution in [3.63, 3.8) is 0 Å². The van der Waals surface area contributed by atoms with Gasteiger partial charge in [0.05, 0.1) is 6.20 Å². The number of aromatic nitrogens is 2. The van der Waals surface area contributed by atoms with Crippen molar-refractivity contribution in [1.29, 1.82) is 0 Å². The number of aryl methyl sites for hydroxylation is 1. The molecule has 0 radical (unpaired) electrons. The van der Waals surface area contributed by atoms with Gasteiger partial charge in [0.2, 0.25) is 0 Å². The van der Waals surface area contributed by atoms with E-state index in [1.54, 1.807) is 0 Å². The molecule has 0 saturated carbocycles. The van der Waals surface area contributed by atoms with E-state index < -0.39 is 0 Å². The molecule has 2 N–H and O–H groups in total. The van der Waals surface area contributed by atoms with Crippen molar-refractivity contribution in [3.05, 3.63) is 18.0 Å². The maximum absolute atomic E-state index is 5.98. The zero-order valence-corrected chi connectivity index (χ0v) is 9.40. The third kappa shape index (κ3) is 2.84. The van der Waals surface area contributed by atoms with Gasteiger partial charge in [-0.3, -0.25) is 4.68 Å². The monoisotopic (exact) mass is 195 g/mol.